The molecule has 0 spiro atoms. The second-order valence-electron chi connectivity index (χ2n) is 5.32. The van der Waals surface area contributed by atoms with E-state index in [1.807, 2.05) is 13.8 Å². The highest BCUT2D eigenvalue weighted by molar-refractivity contribution is 5.98. The first kappa shape index (κ1) is 15.8. The average molecular weight is 302 g/mol. The van der Waals surface area contributed by atoms with Gasteiger partial charge in [-0.15, -0.1) is 0 Å². The molecule has 0 radical (unpaired) electrons. The summed E-state index contributed by atoms with van der Waals surface area (Å²) in [6.45, 7) is 6.96. The molecule has 0 aliphatic carbocycles. The Kier molecular flexibility index (Phi) is 4.30. The van der Waals surface area contributed by atoms with Crippen LogP contribution in [0.1, 0.15) is 32.9 Å². The summed E-state index contributed by atoms with van der Waals surface area (Å²) in [6.07, 6.45) is 0. The standard InChI is InChI=1S/C16H18N2O4/c1-9-5-6-14(18(20)21)11(3)16(9)22-8-15(19)13-7-10(2)17-12(13)4/h5-7,17H,8H2,1-4H3. The molecule has 22 heavy (non-hydrogen) atoms. The number of aromatic amines is 1. The maximum Gasteiger partial charge on any atom is 0.276 e. The van der Waals surface area contributed by atoms with Gasteiger partial charge in [0.05, 0.1) is 10.5 Å². The van der Waals surface area contributed by atoms with E-state index in [-0.39, 0.29) is 18.1 Å². The van der Waals surface area contributed by atoms with Gasteiger partial charge in [-0.25, -0.2) is 0 Å². The molecule has 116 valence electrons. The second kappa shape index (κ2) is 6.01. The molecule has 0 atom stereocenters. The van der Waals surface area contributed by atoms with Crippen LogP contribution in [0, 0.1) is 37.8 Å². The largest absolute Gasteiger partial charge is 0.485 e. The van der Waals surface area contributed by atoms with Gasteiger partial charge in [-0.3, -0.25) is 14.9 Å². The van der Waals surface area contributed by atoms with E-state index in [2.05, 4.69) is 4.98 Å². The van der Waals surface area contributed by atoms with Gasteiger partial charge in [-0.1, -0.05) is 0 Å². The number of nitrogens with zero attached hydrogens (tertiary/aromatic N) is 1. The van der Waals surface area contributed by atoms with Crippen LogP contribution in [-0.4, -0.2) is 22.3 Å². The van der Waals surface area contributed by atoms with Gasteiger partial charge >= 0.3 is 0 Å². The zero-order chi connectivity index (χ0) is 16.4. The summed E-state index contributed by atoms with van der Waals surface area (Å²) in [4.78, 5) is 25.8. The first-order valence-corrected chi connectivity index (χ1v) is 6.88. The molecule has 2 aromatic rings. The lowest BCUT2D eigenvalue weighted by Gasteiger charge is -2.11. The van der Waals surface area contributed by atoms with E-state index in [9.17, 15) is 14.9 Å². The normalized spacial score (nSPS) is 10.5. The number of aromatic nitrogens is 1. The lowest BCUT2D eigenvalue weighted by atomic mass is 10.1. The summed E-state index contributed by atoms with van der Waals surface area (Å²) >= 11 is 0. The monoisotopic (exact) mass is 302 g/mol. The minimum absolute atomic E-state index is 0.0123. The van der Waals surface area contributed by atoms with Gasteiger partial charge < -0.3 is 9.72 Å². The molecule has 1 N–H and O–H groups in total. The van der Waals surface area contributed by atoms with Gasteiger partial charge in [-0.05, 0) is 45.4 Å². The number of hydrogen-bond donors (Lipinski definition) is 1. The molecule has 0 aliphatic heterocycles. The van der Waals surface area contributed by atoms with Crippen LogP contribution in [0.25, 0.3) is 0 Å². The fourth-order valence-electron chi connectivity index (χ4n) is 2.47. The van der Waals surface area contributed by atoms with Crippen molar-refractivity contribution >= 4 is 11.5 Å². The van der Waals surface area contributed by atoms with Crippen LogP contribution in [0.2, 0.25) is 0 Å². The van der Waals surface area contributed by atoms with Crippen molar-refractivity contribution in [3.8, 4) is 5.75 Å². The number of carbonyl (C=O) groups is 1. The van der Waals surface area contributed by atoms with Crippen LogP contribution in [0.3, 0.4) is 0 Å². The van der Waals surface area contributed by atoms with Crippen LogP contribution >= 0.6 is 0 Å². The minimum atomic E-state index is -0.455. The van der Waals surface area contributed by atoms with Gasteiger partial charge in [0.1, 0.15) is 5.75 Å². The number of Topliss-reactive ketones (excluding diaryl/α,β-unsaturated/α-hetero) is 1. The zero-order valence-electron chi connectivity index (χ0n) is 13.0. The smallest absolute Gasteiger partial charge is 0.276 e. The van der Waals surface area contributed by atoms with E-state index in [0.717, 1.165) is 17.0 Å². The molecule has 0 unspecified atom stereocenters. The summed E-state index contributed by atoms with van der Waals surface area (Å²) in [5.74, 6) is 0.236. The molecule has 6 heteroatoms. The van der Waals surface area contributed by atoms with Crippen molar-refractivity contribution < 1.29 is 14.5 Å². The SMILES string of the molecule is Cc1cc(C(=O)COc2c(C)ccc([N+](=O)[O-])c2C)c(C)[nH]1. The maximum absolute atomic E-state index is 12.2. The number of aryl methyl sites for hydroxylation is 3. The Labute approximate surface area is 128 Å². The highest BCUT2D eigenvalue weighted by Crippen LogP contribution is 2.31. The first-order valence-electron chi connectivity index (χ1n) is 6.88. The van der Waals surface area contributed by atoms with Gasteiger partial charge in [0.25, 0.3) is 5.69 Å². The quantitative estimate of drug-likeness (QED) is 0.521. The number of ether oxygens (including phenoxy) is 1. The Morgan fingerprint density at radius 3 is 2.50 bits per heavy atom. The number of nitro groups is 1. The van der Waals surface area contributed by atoms with Crippen molar-refractivity contribution in [2.75, 3.05) is 6.61 Å². The summed E-state index contributed by atoms with van der Waals surface area (Å²) in [5, 5.41) is 11.0. The molecule has 0 amide bonds. The molecule has 0 bridgehead atoms. The number of nitrogens with one attached hydrogen (secondary N) is 1. The first-order chi connectivity index (χ1) is 10.3. The van der Waals surface area contributed by atoms with E-state index in [1.165, 1.54) is 6.07 Å². The molecule has 0 fully saturated rings. The van der Waals surface area contributed by atoms with Crippen molar-refractivity contribution in [3.63, 3.8) is 0 Å². The van der Waals surface area contributed by atoms with Crippen LogP contribution in [0.15, 0.2) is 18.2 Å². The van der Waals surface area contributed by atoms with Crippen molar-refractivity contribution in [1.82, 2.24) is 4.98 Å². The Balaban J connectivity index is 2.21. The highest BCUT2D eigenvalue weighted by atomic mass is 16.6. The van der Waals surface area contributed by atoms with Gasteiger partial charge in [0.15, 0.2) is 6.61 Å². The van der Waals surface area contributed by atoms with Crippen LogP contribution in [-0.2, 0) is 0 Å². The summed E-state index contributed by atoms with van der Waals surface area (Å²) in [5.41, 5.74) is 3.46. The molecule has 1 aromatic carbocycles. The number of carbonyl (C=O) groups excluding carboxylic acids is 1. The minimum Gasteiger partial charge on any atom is -0.485 e. The van der Waals surface area contributed by atoms with Crippen molar-refractivity contribution in [2.24, 2.45) is 0 Å². The van der Waals surface area contributed by atoms with Gasteiger partial charge in [0, 0.05) is 23.0 Å². The second-order valence-corrected chi connectivity index (χ2v) is 5.32. The maximum atomic E-state index is 12.2. The van der Waals surface area contributed by atoms with Crippen molar-refractivity contribution in [2.45, 2.75) is 27.7 Å². The molecule has 6 nitrogen and oxygen atoms in total. The average Bonchev–Trinajstić information content (AvgIpc) is 2.76. The molecular weight excluding hydrogens is 284 g/mol. The number of hydrogen-bond acceptors (Lipinski definition) is 4. The van der Waals surface area contributed by atoms with Gasteiger partial charge in [0.2, 0.25) is 5.78 Å². The molecule has 2 rings (SSSR count). The van der Waals surface area contributed by atoms with Crippen molar-refractivity contribution in [1.29, 1.82) is 0 Å². The summed E-state index contributed by atoms with van der Waals surface area (Å²) in [7, 11) is 0. The predicted octanol–water partition coefficient (Wildman–Crippen LogP) is 3.42. The zero-order valence-corrected chi connectivity index (χ0v) is 13.0. The summed E-state index contributed by atoms with van der Waals surface area (Å²) in [6, 6.07) is 4.84. The number of rotatable bonds is 5. The van der Waals surface area contributed by atoms with Gasteiger partial charge in [-0.2, -0.15) is 0 Å². The molecule has 0 aliphatic rings. The third-order valence-corrected chi connectivity index (χ3v) is 3.57. The Bertz CT molecular complexity index is 747. The third kappa shape index (κ3) is 3.00. The molecule has 0 saturated heterocycles. The Morgan fingerprint density at radius 1 is 1.27 bits per heavy atom. The molecule has 1 aromatic heterocycles. The fourth-order valence-corrected chi connectivity index (χ4v) is 2.47. The predicted molar refractivity (Wildman–Crippen MR) is 82.7 cm³/mol. The van der Waals surface area contributed by atoms with Crippen molar-refractivity contribution in [3.05, 3.63) is 56.4 Å². The fraction of sp³-hybridized carbons (Fsp3) is 0.312. The van der Waals surface area contributed by atoms with Crippen LogP contribution in [0.5, 0.6) is 5.75 Å². The van der Waals surface area contributed by atoms with E-state index < -0.39 is 4.92 Å². The number of nitro benzene ring substituents is 1. The Hall–Kier alpha value is -2.63. The number of benzene rings is 1. The topological polar surface area (TPSA) is 85.2 Å². The highest BCUT2D eigenvalue weighted by Gasteiger charge is 2.19. The number of H-pyrrole nitrogens is 1. The lowest BCUT2D eigenvalue weighted by Crippen LogP contribution is -2.13. The Morgan fingerprint density at radius 2 is 1.95 bits per heavy atom. The van der Waals surface area contributed by atoms with Crippen LogP contribution < -0.4 is 4.74 Å². The summed E-state index contributed by atoms with van der Waals surface area (Å²) < 4.78 is 5.57. The van der Waals surface area contributed by atoms with E-state index in [1.54, 1.807) is 26.0 Å². The molecular formula is C16H18N2O4. The molecule has 0 saturated carbocycles. The van der Waals surface area contributed by atoms with E-state index >= 15 is 0 Å². The van der Waals surface area contributed by atoms with E-state index in [0.29, 0.717) is 16.9 Å². The van der Waals surface area contributed by atoms with Crippen LogP contribution in [0.4, 0.5) is 5.69 Å². The molecule has 1 heterocycles. The lowest BCUT2D eigenvalue weighted by molar-refractivity contribution is -0.385. The third-order valence-electron chi connectivity index (χ3n) is 3.57. The number of ketones is 1. The van der Waals surface area contributed by atoms with E-state index in [4.69, 9.17) is 4.74 Å².